The molecule has 0 aliphatic carbocycles. The summed E-state index contributed by atoms with van der Waals surface area (Å²) < 4.78 is 10.5. The zero-order valence-electron chi connectivity index (χ0n) is 12.4. The van der Waals surface area contributed by atoms with E-state index in [9.17, 15) is 4.79 Å². The van der Waals surface area contributed by atoms with Crippen LogP contribution in [0.4, 0.5) is 11.4 Å². The van der Waals surface area contributed by atoms with E-state index in [2.05, 4.69) is 19.2 Å². The van der Waals surface area contributed by atoms with Crippen LogP contribution in [0, 0.1) is 5.92 Å². The summed E-state index contributed by atoms with van der Waals surface area (Å²) in [7, 11) is 1.53. The Kier molecular flexibility index (Phi) is 6.87. The molecule has 0 unspecified atom stereocenters. The standard InChI is InChI=1S/C15H24N2O3/c1-11(2)5-4-8-20-10-15(18)17-13-7-6-12(16)9-14(13)19-3/h6-7,9,11H,4-5,8,10,16H2,1-3H3,(H,17,18). The summed E-state index contributed by atoms with van der Waals surface area (Å²) in [6.45, 7) is 4.98. The average Bonchev–Trinajstić information content (AvgIpc) is 2.40. The summed E-state index contributed by atoms with van der Waals surface area (Å²) in [6, 6.07) is 5.09. The van der Waals surface area contributed by atoms with E-state index in [4.69, 9.17) is 15.2 Å². The maximum atomic E-state index is 11.7. The number of rotatable bonds is 8. The zero-order chi connectivity index (χ0) is 15.0. The van der Waals surface area contributed by atoms with Gasteiger partial charge in [0.15, 0.2) is 0 Å². The van der Waals surface area contributed by atoms with E-state index in [1.165, 1.54) is 7.11 Å². The van der Waals surface area contributed by atoms with Crippen molar-refractivity contribution in [1.82, 2.24) is 0 Å². The smallest absolute Gasteiger partial charge is 0.250 e. The molecule has 1 rings (SSSR count). The lowest BCUT2D eigenvalue weighted by atomic mass is 10.1. The summed E-state index contributed by atoms with van der Waals surface area (Å²) in [5.74, 6) is 1.00. The van der Waals surface area contributed by atoms with Crippen LogP contribution in [0.3, 0.4) is 0 Å². The topological polar surface area (TPSA) is 73.6 Å². The van der Waals surface area contributed by atoms with Crippen molar-refractivity contribution in [1.29, 1.82) is 0 Å². The molecule has 0 bridgehead atoms. The molecule has 0 spiro atoms. The lowest BCUT2D eigenvalue weighted by Gasteiger charge is -2.11. The van der Waals surface area contributed by atoms with Gasteiger partial charge in [-0.2, -0.15) is 0 Å². The first-order valence-electron chi connectivity index (χ1n) is 6.84. The second-order valence-electron chi connectivity index (χ2n) is 5.10. The lowest BCUT2D eigenvalue weighted by Crippen LogP contribution is -2.19. The third-order valence-electron chi connectivity index (χ3n) is 2.80. The van der Waals surface area contributed by atoms with Crippen molar-refractivity contribution in [2.45, 2.75) is 26.7 Å². The van der Waals surface area contributed by atoms with Gasteiger partial charge in [-0.1, -0.05) is 13.8 Å². The number of methoxy groups -OCH3 is 1. The van der Waals surface area contributed by atoms with E-state index in [-0.39, 0.29) is 12.5 Å². The van der Waals surface area contributed by atoms with Gasteiger partial charge in [0.2, 0.25) is 5.91 Å². The molecule has 0 atom stereocenters. The van der Waals surface area contributed by atoms with Crippen LogP contribution in [-0.4, -0.2) is 26.2 Å². The van der Waals surface area contributed by atoms with Gasteiger partial charge >= 0.3 is 0 Å². The number of benzene rings is 1. The van der Waals surface area contributed by atoms with E-state index < -0.39 is 0 Å². The molecule has 1 aromatic carbocycles. The van der Waals surface area contributed by atoms with E-state index in [1.807, 2.05) is 0 Å². The molecule has 1 aromatic rings. The maximum Gasteiger partial charge on any atom is 0.250 e. The van der Waals surface area contributed by atoms with Crippen LogP contribution in [0.2, 0.25) is 0 Å². The number of nitrogens with one attached hydrogen (secondary N) is 1. The SMILES string of the molecule is COc1cc(N)ccc1NC(=O)COCCCC(C)C. The summed E-state index contributed by atoms with van der Waals surface area (Å²) in [5.41, 5.74) is 6.84. The minimum atomic E-state index is -0.197. The van der Waals surface area contributed by atoms with Crippen LogP contribution in [0.15, 0.2) is 18.2 Å². The van der Waals surface area contributed by atoms with E-state index in [1.54, 1.807) is 18.2 Å². The fraction of sp³-hybridized carbons (Fsp3) is 0.533. The molecule has 0 aromatic heterocycles. The van der Waals surface area contributed by atoms with Gasteiger partial charge < -0.3 is 20.5 Å². The van der Waals surface area contributed by atoms with Gasteiger partial charge in [-0.15, -0.1) is 0 Å². The van der Waals surface area contributed by atoms with Gasteiger partial charge in [0.1, 0.15) is 12.4 Å². The average molecular weight is 280 g/mol. The van der Waals surface area contributed by atoms with Crippen LogP contribution in [0.1, 0.15) is 26.7 Å². The highest BCUT2D eigenvalue weighted by atomic mass is 16.5. The van der Waals surface area contributed by atoms with Gasteiger partial charge in [-0.3, -0.25) is 4.79 Å². The molecule has 112 valence electrons. The molecule has 20 heavy (non-hydrogen) atoms. The van der Waals surface area contributed by atoms with Crippen LogP contribution >= 0.6 is 0 Å². The van der Waals surface area contributed by atoms with Crippen molar-refractivity contribution >= 4 is 17.3 Å². The Labute approximate surface area is 120 Å². The lowest BCUT2D eigenvalue weighted by molar-refractivity contribution is -0.120. The Bertz CT molecular complexity index is 433. The van der Waals surface area contributed by atoms with Crippen LogP contribution in [-0.2, 0) is 9.53 Å². The van der Waals surface area contributed by atoms with Crippen molar-refractivity contribution in [3.63, 3.8) is 0 Å². The normalized spacial score (nSPS) is 10.6. The zero-order valence-corrected chi connectivity index (χ0v) is 12.4. The summed E-state index contributed by atoms with van der Waals surface area (Å²) in [6.07, 6.45) is 2.07. The quantitative estimate of drug-likeness (QED) is 0.567. The fourth-order valence-electron chi connectivity index (χ4n) is 1.76. The first-order valence-corrected chi connectivity index (χ1v) is 6.84. The minimum Gasteiger partial charge on any atom is -0.494 e. The predicted molar refractivity (Wildman–Crippen MR) is 80.9 cm³/mol. The summed E-state index contributed by atoms with van der Waals surface area (Å²) >= 11 is 0. The van der Waals surface area contributed by atoms with E-state index >= 15 is 0 Å². The monoisotopic (exact) mass is 280 g/mol. The molecular formula is C15H24N2O3. The van der Waals surface area contributed by atoms with Gasteiger partial charge in [0, 0.05) is 18.4 Å². The Hall–Kier alpha value is -1.75. The third kappa shape index (κ3) is 5.93. The summed E-state index contributed by atoms with van der Waals surface area (Å²) in [4.78, 5) is 11.7. The first kappa shape index (κ1) is 16.3. The van der Waals surface area contributed by atoms with Crippen molar-refractivity contribution < 1.29 is 14.3 Å². The first-order chi connectivity index (χ1) is 9.52. The number of carbonyl (C=O) groups excluding carboxylic acids is 1. The number of amides is 1. The maximum absolute atomic E-state index is 11.7. The number of carbonyl (C=O) groups is 1. The number of hydrogen-bond acceptors (Lipinski definition) is 4. The molecule has 0 saturated carbocycles. The Morgan fingerprint density at radius 1 is 1.40 bits per heavy atom. The van der Waals surface area contributed by atoms with Crippen LogP contribution < -0.4 is 15.8 Å². The minimum absolute atomic E-state index is 0.0472. The highest BCUT2D eigenvalue weighted by Gasteiger charge is 2.08. The van der Waals surface area contributed by atoms with Crippen LogP contribution in [0.25, 0.3) is 0 Å². The van der Waals surface area contributed by atoms with Crippen molar-refractivity contribution in [2.75, 3.05) is 31.4 Å². The van der Waals surface area contributed by atoms with Crippen molar-refractivity contribution in [3.8, 4) is 5.75 Å². The predicted octanol–water partition coefficient (Wildman–Crippen LogP) is 2.67. The molecule has 0 heterocycles. The fourth-order valence-corrected chi connectivity index (χ4v) is 1.76. The molecule has 0 aliphatic rings. The summed E-state index contributed by atoms with van der Waals surface area (Å²) in [5, 5.41) is 2.74. The van der Waals surface area contributed by atoms with Gasteiger partial charge in [0.25, 0.3) is 0 Å². The molecule has 0 saturated heterocycles. The number of nitrogens with two attached hydrogens (primary N) is 1. The highest BCUT2D eigenvalue weighted by molar-refractivity contribution is 5.93. The van der Waals surface area contributed by atoms with Gasteiger partial charge in [-0.05, 0) is 30.9 Å². The third-order valence-corrected chi connectivity index (χ3v) is 2.80. The molecule has 0 aliphatic heterocycles. The molecule has 5 heteroatoms. The van der Waals surface area contributed by atoms with Crippen LogP contribution in [0.5, 0.6) is 5.75 Å². The molecule has 0 radical (unpaired) electrons. The molecule has 1 amide bonds. The van der Waals surface area contributed by atoms with Crippen molar-refractivity contribution in [3.05, 3.63) is 18.2 Å². The highest BCUT2D eigenvalue weighted by Crippen LogP contribution is 2.26. The molecule has 5 nitrogen and oxygen atoms in total. The number of anilines is 2. The van der Waals surface area contributed by atoms with E-state index in [0.29, 0.717) is 29.6 Å². The number of ether oxygens (including phenoxy) is 2. The number of hydrogen-bond donors (Lipinski definition) is 2. The second-order valence-corrected chi connectivity index (χ2v) is 5.10. The largest absolute Gasteiger partial charge is 0.494 e. The molecule has 0 fully saturated rings. The number of nitrogen functional groups attached to an aromatic ring is 1. The molecular weight excluding hydrogens is 256 g/mol. The Morgan fingerprint density at radius 3 is 2.80 bits per heavy atom. The second kappa shape index (κ2) is 8.43. The molecule has 3 N–H and O–H groups in total. The van der Waals surface area contributed by atoms with Gasteiger partial charge in [-0.25, -0.2) is 0 Å². The van der Waals surface area contributed by atoms with Crippen molar-refractivity contribution in [2.24, 2.45) is 5.92 Å². The van der Waals surface area contributed by atoms with E-state index in [0.717, 1.165) is 12.8 Å². The Morgan fingerprint density at radius 2 is 2.15 bits per heavy atom. The van der Waals surface area contributed by atoms with Gasteiger partial charge in [0.05, 0.1) is 12.8 Å². The Balaban J connectivity index is 2.35.